The maximum Gasteiger partial charge on any atom is 0.122 e. The second-order valence-corrected chi connectivity index (χ2v) is 6.20. The lowest BCUT2D eigenvalue weighted by Crippen LogP contribution is -2.35. The highest BCUT2D eigenvalue weighted by Gasteiger charge is 2.22. The van der Waals surface area contributed by atoms with Crippen LogP contribution < -0.4 is 10.1 Å². The Hall–Kier alpha value is -1.02. The third kappa shape index (κ3) is 4.24. The van der Waals surface area contributed by atoms with E-state index in [2.05, 4.69) is 37.4 Å². The Labute approximate surface area is 123 Å². The number of benzene rings is 1. The van der Waals surface area contributed by atoms with Crippen LogP contribution in [0, 0.1) is 12.8 Å². The molecule has 1 aliphatic carbocycles. The van der Waals surface area contributed by atoms with Gasteiger partial charge in [0, 0.05) is 6.04 Å². The van der Waals surface area contributed by atoms with Crippen LogP contribution in [-0.2, 0) is 6.42 Å². The molecule has 2 rings (SSSR count). The lowest BCUT2D eigenvalue weighted by atomic mass is 9.81. The normalized spacial score (nSPS) is 22.8. The first-order chi connectivity index (χ1) is 9.72. The van der Waals surface area contributed by atoms with Crippen molar-refractivity contribution in [3.8, 4) is 5.75 Å². The van der Waals surface area contributed by atoms with Gasteiger partial charge in [0.1, 0.15) is 5.75 Å². The number of methoxy groups -OCH3 is 1. The summed E-state index contributed by atoms with van der Waals surface area (Å²) in [6.45, 7) is 5.56. The molecule has 1 aromatic carbocycles. The van der Waals surface area contributed by atoms with Crippen molar-refractivity contribution in [1.82, 2.24) is 5.32 Å². The smallest absolute Gasteiger partial charge is 0.122 e. The van der Waals surface area contributed by atoms with Gasteiger partial charge in [-0.05, 0) is 56.7 Å². The van der Waals surface area contributed by atoms with E-state index in [1.807, 2.05) is 0 Å². The maximum atomic E-state index is 5.52. The van der Waals surface area contributed by atoms with Crippen LogP contribution >= 0.6 is 0 Å². The monoisotopic (exact) mass is 275 g/mol. The molecule has 0 spiro atoms. The maximum absolute atomic E-state index is 5.52. The van der Waals surface area contributed by atoms with Gasteiger partial charge in [0.2, 0.25) is 0 Å². The Kier molecular flexibility index (Phi) is 5.90. The van der Waals surface area contributed by atoms with Gasteiger partial charge in [-0.1, -0.05) is 37.5 Å². The molecular weight excluding hydrogens is 246 g/mol. The minimum Gasteiger partial charge on any atom is -0.496 e. The lowest BCUT2D eigenvalue weighted by molar-refractivity contribution is 0.282. The SMILES string of the molecule is CCCNC1CCCC(Cc2cc(C)ccc2OC)C1. The topological polar surface area (TPSA) is 21.3 Å². The number of rotatable bonds is 6. The molecule has 0 bridgehead atoms. The van der Waals surface area contributed by atoms with Crippen molar-refractivity contribution in [2.45, 2.75) is 58.4 Å². The van der Waals surface area contributed by atoms with Crippen LogP contribution in [0.5, 0.6) is 5.75 Å². The van der Waals surface area contributed by atoms with E-state index in [1.54, 1.807) is 7.11 Å². The Morgan fingerprint density at radius 3 is 2.90 bits per heavy atom. The molecule has 20 heavy (non-hydrogen) atoms. The molecule has 1 saturated carbocycles. The van der Waals surface area contributed by atoms with Crippen LogP contribution in [0.1, 0.15) is 50.2 Å². The molecule has 2 heteroatoms. The van der Waals surface area contributed by atoms with Gasteiger partial charge in [0.05, 0.1) is 7.11 Å². The van der Waals surface area contributed by atoms with Crippen LogP contribution in [-0.4, -0.2) is 19.7 Å². The number of aryl methyl sites for hydroxylation is 1. The van der Waals surface area contributed by atoms with Crippen molar-refractivity contribution < 1.29 is 4.74 Å². The van der Waals surface area contributed by atoms with E-state index < -0.39 is 0 Å². The molecule has 0 heterocycles. The molecule has 1 N–H and O–H groups in total. The fourth-order valence-electron chi connectivity index (χ4n) is 3.39. The number of hydrogen-bond acceptors (Lipinski definition) is 2. The van der Waals surface area contributed by atoms with Crippen LogP contribution in [0.2, 0.25) is 0 Å². The second-order valence-electron chi connectivity index (χ2n) is 6.20. The summed E-state index contributed by atoms with van der Waals surface area (Å²) >= 11 is 0. The Bertz CT molecular complexity index is 416. The standard InChI is InChI=1S/C18H29NO/c1-4-10-19-17-7-5-6-15(13-17)12-16-11-14(2)8-9-18(16)20-3/h8-9,11,15,17,19H,4-7,10,12-13H2,1-3H3. The van der Waals surface area contributed by atoms with Crippen molar-refractivity contribution >= 4 is 0 Å². The first-order valence-electron chi connectivity index (χ1n) is 8.09. The predicted molar refractivity (Wildman–Crippen MR) is 85.5 cm³/mol. The molecule has 1 aliphatic rings. The van der Waals surface area contributed by atoms with Crippen LogP contribution in [0.15, 0.2) is 18.2 Å². The average molecular weight is 275 g/mol. The number of ether oxygens (including phenoxy) is 1. The zero-order valence-corrected chi connectivity index (χ0v) is 13.2. The lowest BCUT2D eigenvalue weighted by Gasteiger charge is -2.30. The summed E-state index contributed by atoms with van der Waals surface area (Å²) < 4.78 is 5.52. The van der Waals surface area contributed by atoms with Crippen LogP contribution in [0.4, 0.5) is 0 Å². The Morgan fingerprint density at radius 2 is 2.15 bits per heavy atom. The molecule has 1 aromatic rings. The summed E-state index contributed by atoms with van der Waals surface area (Å²) in [6.07, 6.45) is 7.78. The Morgan fingerprint density at radius 1 is 1.30 bits per heavy atom. The predicted octanol–water partition coefficient (Wildman–Crippen LogP) is 4.10. The van der Waals surface area contributed by atoms with Gasteiger partial charge in [-0.3, -0.25) is 0 Å². The zero-order chi connectivity index (χ0) is 14.4. The van der Waals surface area contributed by atoms with Gasteiger partial charge in [0.25, 0.3) is 0 Å². The number of nitrogens with one attached hydrogen (secondary N) is 1. The highest BCUT2D eigenvalue weighted by molar-refractivity contribution is 5.37. The van der Waals surface area contributed by atoms with E-state index in [1.165, 1.54) is 43.2 Å². The minimum absolute atomic E-state index is 0.726. The third-order valence-electron chi connectivity index (χ3n) is 4.41. The highest BCUT2D eigenvalue weighted by Crippen LogP contribution is 2.31. The summed E-state index contributed by atoms with van der Waals surface area (Å²) in [4.78, 5) is 0. The molecule has 0 radical (unpaired) electrons. The summed E-state index contributed by atoms with van der Waals surface area (Å²) in [6, 6.07) is 7.27. The fraction of sp³-hybridized carbons (Fsp3) is 0.667. The van der Waals surface area contributed by atoms with Gasteiger partial charge >= 0.3 is 0 Å². The van der Waals surface area contributed by atoms with E-state index in [4.69, 9.17) is 4.74 Å². The van der Waals surface area contributed by atoms with E-state index in [9.17, 15) is 0 Å². The van der Waals surface area contributed by atoms with Crippen molar-refractivity contribution in [1.29, 1.82) is 0 Å². The van der Waals surface area contributed by atoms with Gasteiger partial charge in [-0.15, -0.1) is 0 Å². The van der Waals surface area contributed by atoms with E-state index in [0.29, 0.717) is 0 Å². The first kappa shape index (κ1) is 15.4. The zero-order valence-electron chi connectivity index (χ0n) is 13.2. The summed E-state index contributed by atoms with van der Waals surface area (Å²) in [5.41, 5.74) is 2.71. The molecular formula is C18H29NO. The Balaban J connectivity index is 1.97. The molecule has 0 amide bonds. The van der Waals surface area contributed by atoms with Gasteiger partial charge in [-0.25, -0.2) is 0 Å². The molecule has 2 atom stereocenters. The van der Waals surface area contributed by atoms with Crippen molar-refractivity contribution in [2.75, 3.05) is 13.7 Å². The molecule has 0 saturated heterocycles. The van der Waals surface area contributed by atoms with E-state index >= 15 is 0 Å². The first-order valence-corrected chi connectivity index (χ1v) is 8.09. The molecule has 0 aliphatic heterocycles. The molecule has 2 unspecified atom stereocenters. The quantitative estimate of drug-likeness (QED) is 0.844. The molecule has 112 valence electrons. The third-order valence-corrected chi connectivity index (χ3v) is 4.41. The second kappa shape index (κ2) is 7.68. The fourth-order valence-corrected chi connectivity index (χ4v) is 3.39. The van der Waals surface area contributed by atoms with Crippen LogP contribution in [0.25, 0.3) is 0 Å². The van der Waals surface area contributed by atoms with Crippen molar-refractivity contribution in [3.63, 3.8) is 0 Å². The van der Waals surface area contributed by atoms with E-state index in [0.717, 1.165) is 30.7 Å². The summed E-state index contributed by atoms with van der Waals surface area (Å²) in [5.74, 6) is 1.85. The molecule has 1 fully saturated rings. The van der Waals surface area contributed by atoms with Gasteiger partial charge < -0.3 is 10.1 Å². The molecule has 0 aromatic heterocycles. The number of hydrogen-bond donors (Lipinski definition) is 1. The van der Waals surface area contributed by atoms with Crippen molar-refractivity contribution in [2.24, 2.45) is 5.92 Å². The van der Waals surface area contributed by atoms with Crippen molar-refractivity contribution in [3.05, 3.63) is 29.3 Å². The van der Waals surface area contributed by atoms with Gasteiger partial charge in [0.15, 0.2) is 0 Å². The van der Waals surface area contributed by atoms with Gasteiger partial charge in [-0.2, -0.15) is 0 Å². The molecule has 2 nitrogen and oxygen atoms in total. The highest BCUT2D eigenvalue weighted by atomic mass is 16.5. The largest absolute Gasteiger partial charge is 0.496 e. The minimum atomic E-state index is 0.726. The average Bonchev–Trinajstić information content (AvgIpc) is 2.46. The van der Waals surface area contributed by atoms with E-state index in [-0.39, 0.29) is 0 Å². The summed E-state index contributed by atoms with van der Waals surface area (Å²) in [5, 5.41) is 3.70. The van der Waals surface area contributed by atoms with Crippen LogP contribution in [0.3, 0.4) is 0 Å². The summed E-state index contributed by atoms with van der Waals surface area (Å²) in [7, 11) is 1.78.